The summed E-state index contributed by atoms with van der Waals surface area (Å²) in [5.74, 6) is 0.733. The van der Waals surface area contributed by atoms with Crippen molar-refractivity contribution in [2.75, 3.05) is 33.2 Å². The number of likely N-dealkylation sites (N-methyl/N-ethyl adjacent to an activating group) is 1. The fourth-order valence-electron chi connectivity index (χ4n) is 2.48. The van der Waals surface area contributed by atoms with Crippen LogP contribution in [-0.2, 0) is 13.5 Å². The highest BCUT2D eigenvalue weighted by Gasteiger charge is 2.09. The minimum Gasteiger partial charge on any atom is -0.315 e. The van der Waals surface area contributed by atoms with E-state index in [1.54, 1.807) is 0 Å². The fourth-order valence-corrected chi connectivity index (χ4v) is 2.48. The van der Waals surface area contributed by atoms with Crippen molar-refractivity contribution in [2.45, 2.75) is 40.5 Å². The number of nitrogens with one attached hydrogen (secondary N) is 1. The Morgan fingerprint density at radius 3 is 2.50 bits per heavy atom. The molecule has 1 heterocycles. The lowest BCUT2D eigenvalue weighted by Gasteiger charge is -2.17. The largest absolute Gasteiger partial charge is 0.315 e. The maximum Gasteiger partial charge on any atom is 0.0628 e. The molecule has 0 saturated heterocycles. The van der Waals surface area contributed by atoms with E-state index in [-0.39, 0.29) is 0 Å². The van der Waals surface area contributed by atoms with Crippen LogP contribution in [0.25, 0.3) is 0 Å². The molecule has 0 radical (unpaired) electrons. The summed E-state index contributed by atoms with van der Waals surface area (Å²) in [6.07, 6.45) is 2.34. The first-order valence-electron chi connectivity index (χ1n) is 7.80. The molecule has 4 nitrogen and oxygen atoms in total. The Bertz CT molecular complexity index is 395. The van der Waals surface area contributed by atoms with Gasteiger partial charge in [-0.05, 0) is 58.3 Å². The van der Waals surface area contributed by atoms with E-state index in [1.807, 2.05) is 11.7 Å². The van der Waals surface area contributed by atoms with Crippen LogP contribution in [0.5, 0.6) is 0 Å². The Morgan fingerprint density at radius 2 is 1.95 bits per heavy atom. The molecule has 0 amide bonds. The van der Waals surface area contributed by atoms with Crippen LogP contribution in [0.3, 0.4) is 0 Å². The highest BCUT2D eigenvalue weighted by Crippen LogP contribution is 2.14. The summed E-state index contributed by atoms with van der Waals surface area (Å²) < 4.78 is 1.99. The second-order valence-corrected chi connectivity index (χ2v) is 6.28. The number of aryl methyl sites for hydroxylation is 2. The SMILES string of the molecule is Cc1nn(C)c(C)c1CCCN(C)CCNCC(C)C. The molecule has 0 bridgehead atoms. The molecule has 0 saturated carbocycles. The normalized spacial score (nSPS) is 11.8. The van der Waals surface area contributed by atoms with Gasteiger partial charge in [0.05, 0.1) is 5.69 Å². The van der Waals surface area contributed by atoms with E-state index in [0.717, 1.165) is 38.5 Å². The summed E-state index contributed by atoms with van der Waals surface area (Å²) in [6, 6.07) is 0. The molecular formula is C16H32N4. The minimum atomic E-state index is 0.733. The molecule has 1 rings (SSSR count). The molecule has 1 aromatic rings. The molecule has 116 valence electrons. The Kier molecular flexibility index (Phi) is 7.24. The van der Waals surface area contributed by atoms with Gasteiger partial charge in [-0.1, -0.05) is 13.8 Å². The third-order valence-electron chi connectivity index (χ3n) is 3.85. The van der Waals surface area contributed by atoms with E-state index in [9.17, 15) is 0 Å². The van der Waals surface area contributed by atoms with Crippen molar-refractivity contribution in [1.29, 1.82) is 0 Å². The molecule has 0 spiro atoms. The van der Waals surface area contributed by atoms with Gasteiger partial charge in [-0.15, -0.1) is 0 Å². The maximum absolute atomic E-state index is 4.48. The monoisotopic (exact) mass is 280 g/mol. The van der Waals surface area contributed by atoms with Crippen LogP contribution < -0.4 is 5.32 Å². The molecule has 0 unspecified atom stereocenters. The van der Waals surface area contributed by atoms with Crippen molar-refractivity contribution in [1.82, 2.24) is 20.0 Å². The van der Waals surface area contributed by atoms with Crippen molar-refractivity contribution in [3.8, 4) is 0 Å². The summed E-state index contributed by atoms with van der Waals surface area (Å²) in [6.45, 7) is 13.2. The molecule has 0 aliphatic heterocycles. The molecular weight excluding hydrogens is 248 g/mol. The van der Waals surface area contributed by atoms with Crippen molar-refractivity contribution >= 4 is 0 Å². The van der Waals surface area contributed by atoms with Crippen molar-refractivity contribution in [3.05, 3.63) is 17.0 Å². The number of rotatable bonds is 9. The predicted octanol–water partition coefficient (Wildman–Crippen LogP) is 2.15. The second kappa shape index (κ2) is 8.42. The third-order valence-corrected chi connectivity index (χ3v) is 3.85. The first kappa shape index (κ1) is 17.2. The summed E-state index contributed by atoms with van der Waals surface area (Å²) in [7, 11) is 4.23. The van der Waals surface area contributed by atoms with E-state index >= 15 is 0 Å². The highest BCUT2D eigenvalue weighted by molar-refractivity contribution is 5.24. The quantitative estimate of drug-likeness (QED) is 0.704. The second-order valence-electron chi connectivity index (χ2n) is 6.28. The van der Waals surface area contributed by atoms with Crippen molar-refractivity contribution in [2.24, 2.45) is 13.0 Å². The van der Waals surface area contributed by atoms with Crippen molar-refractivity contribution in [3.63, 3.8) is 0 Å². The molecule has 0 atom stereocenters. The van der Waals surface area contributed by atoms with Gasteiger partial charge in [0.15, 0.2) is 0 Å². The number of nitrogens with zero attached hydrogens (tertiary/aromatic N) is 3. The lowest BCUT2D eigenvalue weighted by molar-refractivity contribution is 0.324. The summed E-state index contributed by atoms with van der Waals surface area (Å²) in [4.78, 5) is 2.41. The Morgan fingerprint density at radius 1 is 1.25 bits per heavy atom. The molecule has 0 fully saturated rings. The van der Waals surface area contributed by atoms with E-state index in [4.69, 9.17) is 0 Å². The average molecular weight is 280 g/mol. The molecule has 0 aromatic carbocycles. The van der Waals surface area contributed by atoms with Crippen LogP contribution in [0.4, 0.5) is 0 Å². The maximum atomic E-state index is 4.48. The zero-order chi connectivity index (χ0) is 15.1. The number of hydrogen-bond donors (Lipinski definition) is 1. The van der Waals surface area contributed by atoms with Gasteiger partial charge >= 0.3 is 0 Å². The van der Waals surface area contributed by atoms with E-state index < -0.39 is 0 Å². The van der Waals surface area contributed by atoms with E-state index in [1.165, 1.54) is 23.4 Å². The molecule has 4 heteroatoms. The van der Waals surface area contributed by atoms with Crippen molar-refractivity contribution < 1.29 is 0 Å². The summed E-state index contributed by atoms with van der Waals surface area (Å²) in [5.41, 5.74) is 3.92. The lowest BCUT2D eigenvalue weighted by Crippen LogP contribution is -2.31. The zero-order valence-corrected chi connectivity index (χ0v) is 14.2. The van der Waals surface area contributed by atoms with Gasteiger partial charge in [0, 0.05) is 25.8 Å². The van der Waals surface area contributed by atoms with Gasteiger partial charge in [-0.3, -0.25) is 4.68 Å². The van der Waals surface area contributed by atoms with Crippen LogP contribution in [0.1, 0.15) is 37.2 Å². The van der Waals surface area contributed by atoms with E-state index in [2.05, 4.69) is 50.1 Å². The minimum absolute atomic E-state index is 0.733. The van der Waals surface area contributed by atoms with Gasteiger partial charge in [-0.25, -0.2) is 0 Å². The lowest BCUT2D eigenvalue weighted by atomic mass is 10.1. The summed E-state index contributed by atoms with van der Waals surface area (Å²) >= 11 is 0. The number of aromatic nitrogens is 2. The predicted molar refractivity (Wildman–Crippen MR) is 86.2 cm³/mol. The fraction of sp³-hybridized carbons (Fsp3) is 0.812. The average Bonchev–Trinajstić information content (AvgIpc) is 2.61. The standard InChI is InChI=1S/C16H32N4/c1-13(2)12-17-9-11-19(5)10-7-8-16-14(3)18-20(6)15(16)4/h13,17H,7-12H2,1-6H3. The van der Waals surface area contributed by atoms with Crippen LogP contribution >= 0.6 is 0 Å². The summed E-state index contributed by atoms with van der Waals surface area (Å²) in [5, 5.41) is 7.97. The Labute approximate surface area is 124 Å². The van der Waals surface area contributed by atoms with Gasteiger partial charge in [-0.2, -0.15) is 5.10 Å². The number of hydrogen-bond acceptors (Lipinski definition) is 3. The van der Waals surface area contributed by atoms with Crippen LogP contribution in [0.15, 0.2) is 0 Å². The smallest absolute Gasteiger partial charge is 0.0628 e. The molecule has 0 aliphatic carbocycles. The van der Waals surface area contributed by atoms with E-state index in [0.29, 0.717) is 0 Å². The Hall–Kier alpha value is -0.870. The highest BCUT2D eigenvalue weighted by atomic mass is 15.3. The molecule has 1 aromatic heterocycles. The topological polar surface area (TPSA) is 33.1 Å². The van der Waals surface area contributed by atoms with Crippen LogP contribution in [-0.4, -0.2) is 47.9 Å². The van der Waals surface area contributed by atoms with Crippen LogP contribution in [0, 0.1) is 19.8 Å². The molecule has 1 N–H and O–H groups in total. The van der Waals surface area contributed by atoms with Gasteiger partial charge in [0.1, 0.15) is 0 Å². The first-order chi connectivity index (χ1) is 9.41. The van der Waals surface area contributed by atoms with Gasteiger partial charge in [0.2, 0.25) is 0 Å². The Balaban J connectivity index is 2.20. The third kappa shape index (κ3) is 5.63. The van der Waals surface area contributed by atoms with Gasteiger partial charge in [0.25, 0.3) is 0 Å². The molecule has 0 aliphatic rings. The first-order valence-corrected chi connectivity index (χ1v) is 7.80. The van der Waals surface area contributed by atoms with Crippen LogP contribution in [0.2, 0.25) is 0 Å². The zero-order valence-electron chi connectivity index (χ0n) is 14.2. The van der Waals surface area contributed by atoms with Gasteiger partial charge < -0.3 is 10.2 Å². The molecule has 20 heavy (non-hydrogen) atoms.